The van der Waals surface area contributed by atoms with Crippen LogP contribution in [0.3, 0.4) is 0 Å². The molecule has 0 unspecified atom stereocenters. The predicted octanol–water partition coefficient (Wildman–Crippen LogP) is 5.02. The van der Waals surface area contributed by atoms with Crippen LogP contribution in [0.1, 0.15) is 79.6 Å². The summed E-state index contributed by atoms with van der Waals surface area (Å²) in [4.78, 5) is 18.5. The Morgan fingerprint density at radius 1 is 0.895 bits per heavy atom. The third-order valence-electron chi connectivity index (χ3n) is 4.13. The first-order valence-electron chi connectivity index (χ1n) is 7.73. The molecule has 0 aliphatic carbocycles. The number of hydrogen-bond donors (Lipinski definition) is 2. The van der Waals surface area contributed by atoms with E-state index < -0.39 is 14.2 Å². The minimum Gasteiger partial charge on any atom is -0.328 e. The molecule has 0 aliphatic heterocycles. The molecular weight excluding hydrogens is 259 g/mol. The summed E-state index contributed by atoms with van der Waals surface area (Å²) in [6.45, 7) is 10.7. The Balaban J connectivity index is 4.33. The molecule has 0 saturated carbocycles. The van der Waals surface area contributed by atoms with Crippen LogP contribution >= 0.6 is 8.60 Å². The van der Waals surface area contributed by atoms with Gasteiger partial charge in [0.1, 0.15) is 0 Å². The SMILES string of the molecule is CCCCCCCCC(OP(O)O)(C(C)C)C(C)C. The van der Waals surface area contributed by atoms with E-state index in [1.54, 1.807) is 0 Å². The maximum atomic E-state index is 9.26. The first-order chi connectivity index (χ1) is 8.86. The molecule has 0 spiro atoms. The fourth-order valence-corrected chi connectivity index (χ4v) is 3.65. The standard InChI is InChI=1S/C15H33O3P/c1-6-7-8-9-10-11-12-15(13(2)3,14(4)5)18-19(16)17/h13-14,16-17H,6-12H2,1-5H3. The molecule has 0 rings (SSSR count). The van der Waals surface area contributed by atoms with E-state index in [0.29, 0.717) is 0 Å². The van der Waals surface area contributed by atoms with Gasteiger partial charge < -0.3 is 14.3 Å². The second-order valence-electron chi connectivity index (χ2n) is 6.13. The Hall–Kier alpha value is 0.310. The van der Waals surface area contributed by atoms with Gasteiger partial charge >= 0.3 is 8.60 Å². The van der Waals surface area contributed by atoms with Crippen LogP contribution in [0.5, 0.6) is 0 Å². The average molecular weight is 292 g/mol. The summed E-state index contributed by atoms with van der Waals surface area (Å²) >= 11 is 0. The van der Waals surface area contributed by atoms with Crippen molar-refractivity contribution in [1.82, 2.24) is 0 Å². The average Bonchev–Trinajstić information content (AvgIpc) is 2.30. The van der Waals surface area contributed by atoms with Crippen molar-refractivity contribution in [3.8, 4) is 0 Å². The Bertz CT molecular complexity index is 209. The molecular formula is C15H33O3P. The van der Waals surface area contributed by atoms with E-state index in [1.807, 2.05) is 0 Å². The van der Waals surface area contributed by atoms with Crippen LogP contribution in [0.15, 0.2) is 0 Å². The van der Waals surface area contributed by atoms with Crippen molar-refractivity contribution in [3.05, 3.63) is 0 Å². The maximum Gasteiger partial charge on any atom is 0.327 e. The molecule has 4 heteroatoms. The van der Waals surface area contributed by atoms with Crippen molar-refractivity contribution < 1.29 is 14.3 Å². The molecule has 0 atom stereocenters. The quantitative estimate of drug-likeness (QED) is 0.415. The summed E-state index contributed by atoms with van der Waals surface area (Å²) in [5.41, 5.74) is -0.403. The van der Waals surface area contributed by atoms with Crippen molar-refractivity contribution in [2.24, 2.45) is 11.8 Å². The van der Waals surface area contributed by atoms with Crippen LogP contribution < -0.4 is 0 Å². The molecule has 0 aromatic carbocycles. The van der Waals surface area contributed by atoms with Gasteiger partial charge in [-0.3, -0.25) is 0 Å². The Kier molecular flexibility index (Phi) is 10.3. The molecule has 116 valence electrons. The zero-order valence-corrected chi connectivity index (χ0v) is 14.2. The largest absolute Gasteiger partial charge is 0.328 e. The summed E-state index contributed by atoms with van der Waals surface area (Å²) in [7, 11) is -2.28. The smallest absolute Gasteiger partial charge is 0.327 e. The fourth-order valence-electron chi connectivity index (χ4n) is 2.83. The highest BCUT2D eigenvalue weighted by molar-refractivity contribution is 7.39. The third-order valence-corrected chi connectivity index (χ3v) is 4.63. The van der Waals surface area contributed by atoms with Gasteiger partial charge in [-0.25, -0.2) is 0 Å². The van der Waals surface area contributed by atoms with Crippen molar-refractivity contribution in [2.75, 3.05) is 0 Å². The van der Waals surface area contributed by atoms with E-state index >= 15 is 0 Å². The van der Waals surface area contributed by atoms with Crippen molar-refractivity contribution in [3.63, 3.8) is 0 Å². The molecule has 0 aliphatic rings. The third kappa shape index (κ3) is 7.04. The van der Waals surface area contributed by atoms with Gasteiger partial charge in [0.2, 0.25) is 0 Å². The van der Waals surface area contributed by atoms with E-state index in [4.69, 9.17) is 4.52 Å². The molecule has 0 amide bonds. The lowest BCUT2D eigenvalue weighted by Crippen LogP contribution is -2.42. The van der Waals surface area contributed by atoms with Crippen molar-refractivity contribution in [2.45, 2.75) is 85.2 Å². The van der Waals surface area contributed by atoms with Gasteiger partial charge in [0.05, 0.1) is 5.60 Å². The second-order valence-corrected chi connectivity index (χ2v) is 6.81. The lowest BCUT2D eigenvalue weighted by atomic mass is 9.77. The van der Waals surface area contributed by atoms with Gasteiger partial charge in [0.15, 0.2) is 0 Å². The molecule has 0 radical (unpaired) electrons. The summed E-state index contributed by atoms with van der Waals surface area (Å²) in [5, 5.41) is 0. The number of hydrogen-bond acceptors (Lipinski definition) is 3. The molecule has 0 fully saturated rings. The number of unbranched alkanes of at least 4 members (excludes halogenated alkanes) is 5. The van der Waals surface area contributed by atoms with Crippen LogP contribution in [0.4, 0.5) is 0 Å². The zero-order chi connectivity index (χ0) is 14.9. The highest BCUT2D eigenvalue weighted by Crippen LogP contribution is 2.44. The van der Waals surface area contributed by atoms with Crippen molar-refractivity contribution >= 4 is 8.60 Å². The fraction of sp³-hybridized carbons (Fsp3) is 1.00. The lowest BCUT2D eigenvalue weighted by Gasteiger charge is -2.41. The van der Waals surface area contributed by atoms with Gasteiger partial charge in [-0.05, 0) is 18.3 Å². The topological polar surface area (TPSA) is 49.7 Å². The highest BCUT2D eigenvalue weighted by atomic mass is 31.2. The summed E-state index contributed by atoms with van der Waals surface area (Å²) in [6.07, 6.45) is 8.38. The first-order valence-corrected chi connectivity index (χ1v) is 8.90. The summed E-state index contributed by atoms with van der Waals surface area (Å²) < 4.78 is 5.56. The zero-order valence-electron chi connectivity index (χ0n) is 13.4. The van der Waals surface area contributed by atoms with E-state index in [2.05, 4.69) is 34.6 Å². The Morgan fingerprint density at radius 3 is 1.79 bits per heavy atom. The van der Waals surface area contributed by atoms with Crippen LogP contribution in [-0.2, 0) is 4.52 Å². The molecule has 2 N–H and O–H groups in total. The van der Waals surface area contributed by atoms with E-state index in [0.717, 1.165) is 12.8 Å². The minimum atomic E-state index is -2.28. The molecule has 0 aromatic rings. The Labute approximate surface area is 120 Å². The van der Waals surface area contributed by atoms with Crippen molar-refractivity contribution in [1.29, 1.82) is 0 Å². The molecule has 3 nitrogen and oxygen atoms in total. The van der Waals surface area contributed by atoms with Gasteiger partial charge in [0, 0.05) is 0 Å². The van der Waals surface area contributed by atoms with Gasteiger partial charge in [0.25, 0.3) is 0 Å². The van der Waals surface area contributed by atoms with E-state index in [9.17, 15) is 9.79 Å². The predicted molar refractivity (Wildman–Crippen MR) is 82.8 cm³/mol. The number of rotatable bonds is 11. The van der Waals surface area contributed by atoms with Gasteiger partial charge in [-0.2, -0.15) is 0 Å². The molecule has 19 heavy (non-hydrogen) atoms. The summed E-state index contributed by atoms with van der Waals surface area (Å²) in [5.74, 6) is 0.569. The van der Waals surface area contributed by atoms with Crippen LogP contribution in [-0.4, -0.2) is 15.4 Å². The normalized spacial score (nSPS) is 12.9. The molecule has 0 bridgehead atoms. The van der Waals surface area contributed by atoms with Gasteiger partial charge in [-0.15, -0.1) is 0 Å². The molecule has 0 aromatic heterocycles. The monoisotopic (exact) mass is 292 g/mol. The van der Waals surface area contributed by atoms with Crippen LogP contribution in [0.25, 0.3) is 0 Å². The van der Waals surface area contributed by atoms with E-state index in [1.165, 1.54) is 32.1 Å². The second kappa shape index (κ2) is 10.1. The van der Waals surface area contributed by atoms with Crippen LogP contribution in [0.2, 0.25) is 0 Å². The molecule has 0 heterocycles. The highest BCUT2D eigenvalue weighted by Gasteiger charge is 2.39. The van der Waals surface area contributed by atoms with E-state index in [-0.39, 0.29) is 11.8 Å². The summed E-state index contributed by atoms with van der Waals surface area (Å²) in [6, 6.07) is 0. The molecule has 0 saturated heterocycles. The minimum absolute atomic E-state index is 0.285. The first kappa shape index (κ1) is 19.3. The van der Waals surface area contributed by atoms with Gasteiger partial charge in [-0.1, -0.05) is 73.1 Å². The van der Waals surface area contributed by atoms with Crippen LogP contribution in [0, 0.1) is 11.8 Å². The Morgan fingerprint density at radius 2 is 1.37 bits per heavy atom. The maximum absolute atomic E-state index is 9.26. The lowest BCUT2D eigenvalue weighted by molar-refractivity contribution is -0.0387.